The van der Waals surface area contributed by atoms with Gasteiger partial charge in [0.05, 0.1) is 0 Å². The lowest BCUT2D eigenvalue weighted by atomic mass is 10.1. The van der Waals surface area contributed by atoms with Crippen LogP contribution >= 0.6 is 0 Å². The van der Waals surface area contributed by atoms with Gasteiger partial charge >= 0.3 is 23.9 Å². The molecule has 51 heavy (non-hydrogen) atoms. The third-order valence-corrected chi connectivity index (χ3v) is 7.57. The van der Waals surface area contributed by atoms with Gasteiger partial charge in [-0.25, -0.2) is 8.78 Å². The number of amides is 2. The normalized spacial score (nSPS) is 13.3. The Morgan fingerprint density at radius 2 is 1.55 bits per heavy atom. The molecule has 0 saturated carbocycles. The van der Waals surface area contributed by atoms with E-state index in [9.17, 15) is 59.4 Å². The minimum Gasteiger partial charge on any atom is -0.506 e. The van der Waals surface area contributed by atoms with Crippen molar-refractivity contribution in [3.8, 4) is 11.5 Å². The highest BCUT2D eigenvalue weighted by Gasteiger charge is 2.54. The van der Waals surface area contributed by atoms with E-state index < -0.39 is 35.6 Å². The first-order valence-electron chi connectivity index (χ1n) is 16.0. The maximum absolute atomic E-state index is 13.4. The second-order valence-corrected chi connectivity index (χ2v) is 11.5. The number of unbranched alkanes of at least 4 members (excludes halogenated alkanes) is 1. The van der Waals surface area contributed by atoms with Crippen molar-refractivity contribution >= 4 is 29.1 Å². The summed E-state index contributed by atoms with van der Waals surface area (Å²) in [5.74, 6) is -8.26. The highest BCUT2D eigenvalue weighted by Crippen LogP contribution is 2.39. The zero-order chi connectivity index (χ0) is 38.4. The molecule has 1 heterocycles. The van der Waals surface area contributed by atoms with Crippen LogP contribution in [0.2, 0.25) is 0 Å². The van der Waals surface area contributed by atoms with Gasteiger partial charge in [-0.1, -0.05) is 31.9 Å². The SMILES string of the molecule is CCCC[C@@H](C)N(CCNCCc1ccc(O)c2c1OCC(=O)N2)C(=O)CCNCCc1ccc(F)c(F)c1.O=C(C(=O)C(F)(F)F)C(F)(F)F. The average Bonchev–Trinajstić information content (AvgIpc) is 3.06. The van der Waals surface area contributed by atoms with E-state index in [1.54, 1.807) is 18.2 Å². The smallest absolute Gasteiger partial charge is 0.458 e. The molecule has 0 fully saturated rings. The van der Waals surface area contributed by atoms with Crippen LogP contribution in [-0.4, -0.2) is 91.1 Å². The molecule has 1 atom stereocenters. The van der Waals surface area contributed by atoms with Crippen molar-refractivity contribution in [2.45, 2.75) is 70.8 Å². The number of halogens is 8. The summed E-state index contributed by atoms with van der Waals surface area (Å²) in [6, 6.07) is 7.36. The first-order chi connectivity index (χ1) is 23.9. The van der Waals surface area contributed by atoms with Crippen molar-refractivity contribution in [3.63, 3.8) is 0 Å². The van der Waals surface area contributed by atoms with E-state index in [1.165, 1.54) is 6.07 Å². The molecule has 1 aliphatic heterocycles. The van der Waals surface area contributed by atoms with Crippen molar-refractivity contribution in [1.82, 2.24) is 15.5 Å². The Bertz CT molecular complexity index is 1480. The standard InChI is InChI=1S/C29H40F2N4O4.C4F6O2/c1-3-4-5-20(2)35(27(38)12-15-32-13-10-21-6-8-23(30)24(31)18-21)17-16-33-14-11-22-7-9-25(36)28-29(22)39-19-26(37)34-28;5-3(6,7)1(11)2(12)4(8,9)10/h6-9,18,20,32-33,36H,3-5,10-17,19H2,1-2H3,(H,34,37);/t20-;/m1./s1. The van der Waals surface area contributed by atoms with Crippen molar-refractivity contribution in [2.24, 2.45) is 0 Å². The predicted octanol–water partition coefficient (Wildman–Crippen LogP) is 5.01. The first-order valence-corrected chi connectivity index (χ1v) is 16.0. The molecule has 1 aliphatic rings. The van der Waals surface area contributed by atoms with Crippen LogP contribution in [0.25, 0.3) is 0 Å². The van der Waals surface area contributed by atoms with Crippen LogP contribution in [0.3, 0.4) is 0 Å². The van der Waals surface area contributed by atoms with Crippen molar-refractivity contribution in [1.29, 1.82) is 0 Å². The monoisotopic (exact) mass is 740 g/mol. The number of fused-ring (bicyclic) bond motifs is 1. The maximum Gasteiger partial charge on any atom is 0.458 e. The Kier molecular flexibility index (Phi) is 16.7. The summed E-state index contributed by atoms with van der Waals surface area (Å²) in [5.41, 5.74) is 1.90. The highest BCUT2D eigenvalue weighted by atomic mass is 19.4. The topological polar surface area (TPSA) is 137 Å². The molecule has 0 aromatic heterocycles. The number of carbonyl (C=O) groups is 4. The molecule has 0 unspecified atom stereocenters. The molecule has 2 aromatic rings. The number of benzene rings is 2. The fraction of sp³-hybridized carbons (Fsp3) is 0.515. The van der Waals surface area contributed by atoms with Crippen LogP contribution in [0.1, 0.15) is 50.7 Å². The Balaban J connectivity index is 0.000000641. The minimum atomic E-state index is -5.77. The van der Waals surface area contributed by atoms with E-state index in [-0.39, 0.29) is 30.2 Å². The molecule has 2 amide bonds. The summed E-state index contributed by atoms with van der Waals surface area (Å²) in [5, 5.41) is 19.3. The number of anilines is 1. The number of carbonyl (C=O) groups excluding carboxylic acids is 4. The van der Waals surface area contributed by atoms with Gasteiger partial charge in [-0.2, -0.15) is 26.3 Å². The van der Waals surface area contributed by atoms with Gasteiger partial charge in [-0.15, -0.1) is 0 Å². The summed E-state index contributed by atoms with van der Waals surface area (Å²) in [7, 11) is 0. The largest absolute Gasteiger partial charge is 0.506 e. The number of Topliss-reactive ketones (excluding diaryl/α,β-unsaturated/α-hetero) is 2. The van der Waals surface area contributed by atoms with Crippen molar-refractivity contribution in [3.05, 3.63) is 53.1 Å². The number of aromatic hydroxyl groups is 1. The summed E-state index contributed by atoms with van der Waals surface area (Å²) in [4.78, 5) is 45.8. The van der Waals surface area contributed by atoms with E-state index in [2.05, 4.69) is 29.8 Å². The molecular formula is C33H40F8N4O6. The quantitative estimate of drug-likeness (QED) is 0.0770. The van der Waals surface area contributed by atoms with Gasteiger partial charge in [0.15, 0.2) is 24.0 Å². The van der Waals surface area contributed by atoms with Gasteiger partial charge in [-0.05, 0) is 68.6 Å². The fourth-order valence-electron chi connectivity index (χ4n) is 4.85. The fourth-order valence-corrected chi connectivity index (χ4v) is 4.85. The minimum absolute atomic E-state index is 0.0242. The van der Waals surface area contributed by atoms with E-state index >= 15 is 0 Å². The van der Waals surface area contributed by atoms with Crippen molar-refractivity contribution < 1.29 is 64.1 Å². The lowest BCUT2D eigenvalue weighted by Gasteiger charge is -2.30. The Morgan fingerprint density at radius 3 is 2.16 bits per heavy atom. The van der Waals surface area contributed by atoms with Crippen LogP contribution in [0.4, 0.5) is 40.8 Å². The zero-order valence-electron chi connectivity index (χ0n) is 27.9. The summed E-state index contributed by atoms with van der Waals surface area (Å²) in [6.07, 6.45) is -6.94. The molecule has 3 rings (SSSR count). The van der Waals surface area contributed by atoms with Crippen LogP contribution in [0.5, 0.6) is 11.5 Å². The molecule has 10 nitrogen and oxygen atoms in total. The number of alkyl halides is 6. The number of ketones is 2. The van der Waals surface area contributed by atoms with Crippen LogP contribution in [0, 0.1) is 11.6 Å². The lowest BCUT2D eigenvalue weighted by molar-refractivity contribution is -0.193. The maximum atomic E-state index is 13.4. The average molecular weight is 741 g/mol. The van der Waals surface area contributed by atoms with Crippen LogP contribution in [-0.2, 0) is 32.0 Å². The first kappa shape index (κ1) is 42.8. The predicted molar refractivity (Wildman–Crippen MR) is 169 cm³/mol. The number of nitrogens with one attached hydrogen (secondary N) is 3. The summed E-state index contributed by atoms with van der Waals surface area (Å²) >= 11 is 0. The summed E-state index contributed by atoms with van der Waals surface area (Å²) in [6.45, 7) is 7.07. The Labute approximate surface area is 288 Å². The lowest BCUT2D eigenvalue weighted by Crippen LogP contribution is -2.43. The van der Waals surface area contributed by atoms with Gasteiger partial charge in [0.1, 0.15) is 11.4 Å². The Hall–Kier alpha value is -4.32. The zero-order valence-corrected chi connectivity index (χ0v) is 27.9. The van der Waals surface area contributed by atoms with Gasteiger partial charge in [-0.3, -0.25) is 19.2 Å². The van der Waals surface area contributed by atoms with Gasteiger partial charge in [0, 0.05) is 32.1 Å². The van der Waals surface area contributed by atoms with Gasteiger partial charge < -0.3 is 30.7 Å². The third-order valence-electron chi connectivity index (χ3n) is 7.57. The molecule has 0 spiro atoms. The van der Waals surface area contributed by atoms with E-state index in [1.807, 2.05) is 4.90 Å². The molecule has 0 radical (unpaired) electrons. The molecule has 4 N–H and O–H groups in total. The van der Waals surface area contributed by atoms with Crippen LogP contribution < -0.4 is 20.7 Å². The number of nitrogens with zero attached hydrogens (tertiary/aromatic N) is 1. The van der Waals surface area contributed by atoms with E-state index in [0.717, 1.165) is 30.9 Å². The second kappa shape index (κ2) is 19.9. The molecule has 0 bridgehead atoms. The van der Waals surface area contributed by atoms with Gasteiger partial charge in [0.25, 0.3) is 5.91 Å². The molecule has 0 aliphatic carbocycles. The number of hydrogen-bond acceptors (Lipinski definition) is 8. The molecule has 18 heteroatoms. The van der Waals surface area contributed by atoms with Crippen molar-refractivity contribution in [2.75, 3.05) is 44.6 Å². The highest BCUT2D eigenvalue weighted by molar-refractivity contribution is 6.41. The van der Waals surface area contributed by atoms with E-state index in [0.29, 0.717) is 69.0 Å². The molecule has 0 saturated heterocycles. The number of rotatable bonds is 17. The second-order valence-electron chi connectivity index (χ2n) is 11.5. The number of phenols is 1. The van der Waals surface area contributed by atoms with Gasteiger partial charge in [0.2, 0.25) is 5.91 Å². The molecule has 2 aromatic carbocycles. The van der Waals surface area contributed by atoms with E-state index in [4.69, 9.17) is 4.74 Å². The van der Waals surface area contributed by atoms with Crippen LogP contribution in [0.15, 0.2) is 30.3 Å². The number of ether oxygens (including phenoxy) is 1. The molecule has 284 valence electrons. The molecular weight excluding hydrogens is 700 g/mol. The Morgan fingerprint density at radius 1 is 0.922 bits per heavy atom. The third kappa shape index (κ3) is 14.1. The number of phenolic OH excluding ortho intramolecular Hbond substituents is 1. The summed E-state index contributed by atoms with van der Waals surface area (Å²) < 4.78 is 98.9. The number of hydrogen-bond donors (Lipinski definition) is 4.